The van der Waals surface area contributed by atoms with Crippen LogP contribution in [0.25, 0.3) is 22.4 Å². The van der Waals surface area contributed by atoms with Crippen molar-refractivity contribution < 1.29 is 17.5 Å². The molecule has 8 heteroatoms. The lowest BCUT2D eigenvalue weighted by atomic mass is 10.2. The fourth-order valence-corrected chi connectivity index (χ4v) is 2.43. The highest BCUT2D eigenvalue weighted by atomic mass is 32.2. The maximum atomic E-state index is 10.8. The third-order valence-corrected chi connectivity index (χ3v) is 3.45. The number of para-hydroxylation sites is 1. The molecule has 0 amide bonds. The van der Waals surface area contributed by atoms with E-state index in [1.807, 2.05) is 24.3 Å². The Morgan fingerprint density at radius 2 is 1.67 bits per heavy atom. The van der Waals surface area contributed by atoms with Crippen molar-refractivity contribution in [1.29, 1.82) is 0 Å². The molecular weight excluding hydrogens is 292 g/mol. The molecule has 21 heavy (non-hydrogen) atoms. The second-order valence-corrected chi connectivity index (χ2v) is 5.86. The summed E-state index contributed by atoms with van der Waals surface area (Å²) in [6, 6.07) is 10.7. The molecule has 0 saturated carbocycles. The summed E-state index contributed by atoms with van der Waals surface area (Å²) in [4.78, 5) is 4.40. The highest BCUT2D eigenvalue weighted by Crippen LogP contribution is 2.15. The molecule has 0 atom stereocenters. The first-order valence-corrected chi connectivity index (χ1v) is 7.66. The average molecular weight is 303 g/mol. The first-order valence-electron chi connectivity index (χ1n) is 6.05. The molecule has 0 fully saturated rings. The smallest absolute Gasteiger partial charge is 0.281 e. The van der Waals surface area contributed by atoms with Crippen LogP contribution in [0, 0.1) is 0 Å². The van der Waals surface area contributed by atoms with E-state index in [4.69, 9.17) is 4.55 Å². The van der Waals surface area contributed by atoms with Crippen LogP contribution >= 0.6 is 0 Å². The van der Waals surface area contributed by atoms with E-state index < -0.39 is 16.0 Å². The highest BCUT2D eigenvalue weighted by Gasteiger charge is 2.13. The molecule has 106 valence electrons. The molecule has 3 rings (SSSR count). The van der Waals surface area contributed by atoms with Crippen molar-refractivity contribution in [2.24, 2.45) is 0 Å². The van der Waals surface area contributed by atoms with Gasteiger partial charge in [-0.2, -0.15) is 13.0 Å². The number of rotatable bonds is 3. The summed E-state index contributed by atoms with van der Waals surface area (Å²) >= 11 is 0. The second-order valence-electron chi connectivity index (χ2n) is 4.44. The molecule has 2 aromatic heterocycles. The van der Waals surface area contributed by atoms with Gasteiger partial charge in [-0.1, -0.05) is 12.1 Å². The standard InChI is InChI=1S/C13H10N4O3S/c18-21(19,20)9-17-7-5-10(6-8-17)13-14-11-3-1-2-4-12(11)15-16-13/h1-8H,9H2/p+1. The van der Waals surface area contributed by atoms with Crippen molar-refractivity contribution >= 4 is 21.2 Å². The van der Waals surface area contributed by atoms with Crippen LogP contribution in [0.3, 0.4) is 0 Å². The van der Waals surface area contributed by atoms with Gasteiger partial charge in [-0.05, 0) is 12.1 Å². The van der Waals surface area contributed by atoms with Gasteiger partial charge in [-0.15, -0.1) is 10.2 Å². The zero-order valence-electron chi connectivity index (χ0n) is 10.8. The van der Waals surface area contributed by atoms with E-state index in [1.165, 1.54) is 17.0 Å². The van der Waals surface area contributed by atoms with Gasteiger partial charge in [-0.25, -0.2) is 4.98 Å². The van der Waals surface area contributed by atoms with Gasteiger partial charge in [0.15, 0.2) is 18.2 Å². The highest BCUT2D eigenvalue weighted by molar-refractivity contribution is 7.84. The van der Waals surface area contributed by atoms with E-state index in [-0.39, 0.29) is 0 Å². The van der Waals surface area contributed by atoms with Crippen LogP contribution in [0.1, 0.15) is 0 Å². The largest absolute Gasteiger partial charge is 0.326 e. The maximum absolute atomic E-state index is 10.8. The van der Waals surface area contributed by atoms with Crippen LogP contribution in [-0.4, -0.2) is 28.2 Å². The van der Waals surface area contributed by atoms with Gasteiger partial charge in [0.2, 0.25) is 0 Å². The van der Waals surface area contributed by atoms with Crippen molar-refractivity contribution in [2.45, 2.75) is 5.88 Å². The van der Waals surface area contributed by atoms with Gasteiger partial charge in [0.1, 0.15) is 5.52 Å². The van der Waals surface area contributed by atoms with Crippen LogP contribution in [0.5, 0.6) is 0 Å². The SMILES string of the molecule is O=S(=O)(O)C[n+]1ccc(-c2nnc3ccccc3n2)cc1. The minimum atomic E-state index is -4.06. The van der Waals surface area contributed by atoms with Gasteiger partial charge >= 0.3 is 10.1 Å². The van der Waals surface area contributed by atoms with Crippen LogP contribution in [0.4, 0.5) is 0 Å². The van der Waals surface area contributed by atoms with Crippen LogP contribution < -0.4 is 4.57 Å². The molecule has 2 heterocycles. The molecule has 1 N–H and O–H groups in total. The monoisotopic (exact) mass is 303 g/mol. The predicted octanol–water partition coefficient (Wildman–Crippen LogP) is 0.825. The van der Waals surface area contributed by atoms with E-state index in [0.717, 1.165) is 5.52 Å². The van der Waals surface area contributed by atoms with Gasteiger partial charge < -0.3 is 0 Å². The fourth-order valence-electron chi connectivity index (χ4n) is 1.88. The second kappa shape index (κ2) is 5.15. The molecule has 0 spiro atoms. The van der Waals surface area contributed by atoms with E-state index >= 15 is 0 Å². The number of aromatic nitrogens is 4. The summed E-state index contributed by atoms with van der Waals surface area (Å²) < 4.78 is 31.7. The zero-order valence-corrected chi connectivity index (χ0v) is 11.6. The third kappa shape index (κ3) is 3.18. The third-order valence-electron chi connectivity index (χ3n) is 2.82. The van der Waals surface area contributed by atoms with Crippen LogP contribution in [0.15, 0.2) is 48.8 Å². The zero-order chi connectivity index (χ0) is 14.9. The summed E-state index contributed by atoms with van der Waals surface area (Å²) in [5, 5.41) is 8.13. The van der Waals surface area contributed by atoms with Crippen molar-refractivity contribution in [3.8, 4) is 11.4 Å². The summed E-state index contributed by atoms with van der Waals surface area (Å²) in [6.07, 6.45) is 3.06. The number of fused-ring (bicyclic) bond motifs is 1. The van der Waals surface area contributed by atoms with E-state index in [2.05, 4.69) is 15.2 Å². The predicted molar refractivity (Wildman–Crippen MR) is 74.5 cm³/mol. The summed E-state index contributed by atoms with van der Waals surface area (Å²) in [7, 11) is -4.06. The molecule has 7 nitrogen and oxygen atoms in total. The number of nitrogens with zero attached hydrogens (tertiary/aromatic N) is 4. The molecular formula is C13H11N4O3S+. The van der Waals surface area contributed by atoms with Crippen molar-refractivity contribution in [3.05, 3.63) is 48.8 Å². The summed E-state index contributed by atoms with van der Waals surface area (Å²) in [5.41, 5.74) is 2.15. The van der Waals surface area contributed by atoms with Crippen molar-refractivity contribution in [1.82, 2.24) is 15.2 Å². The average Bonchev–Trinajstić information content (AvgIpc) is 2.46. The Morgan fingerprint density at radius 1 is 1.00 bits per heavy atom. The number of benzene rings is 1. The normalized spacial score (nSPS) is 11.7. The molecule has 0 saturated heterocycles. The van der Waals surface area contributed by atoms with Gasteiger partial charge in [0.25, 0.3) is 5.88 Å². The summed E-state index contributed by atoms with van der Waals surface area (Å²) in [6.45, 7) is 0. The molecule has 0 aliphatic carbocycles. The molecule has 0 unspecified atom stereocenters. The Labute approximate surface area is 120 Å². The van der Waals surface area contributed by atoms with Crippen molar-refractivity contribution in [3.63, 3.8) is 0 Å². The molecule has 1 aromatic carbocycles. The van der Waals surface area contributed by atoms with Gasteiger partial charge in [0.05, 0.1) is 5.52 Å². The fraction of sp³-hybridized carbons (Fsp3) is 0.0769. The van der Waals surface area contributed by atoms with E-state index in [0.29, 0.717) is 16.9 Å². The number of hydrogen-bond acceptors (Lipinski definition) is 5. The lowest BCUT2D eigenvalue weighted by Gasteiger charge is -2.00. The first kappa shape index (κ1) is 13.5. The van der Waals surface area contributed by atoms with Crippen LogP contribution in [-0.2, 0) is 16.0 Å². The topological polar surface area (TPSA) is 96.9 Å². The maximum Gasteiger partial charge on any atom is 0.326 e. The van der Waals surface area contributed by atoms with Gasteiger partial charge in [-0.3, -0.25) is 4.55 Å². The Kier molecular flexibility index (Phi) is 3.32. The Hall–Kier alpha value is -2.45. The Bertz CT molecular complexity index is 895. The quantitative estimate of drug-likeness (QED) is 0.568. The number of hydrogen-bond donors (Lipinski definition) is 1. The number of pyridine rings is 1. The minimum absolute atomic E-state index is 0.452. The summed E-state index contributed by atoms with van der Waals surface area (Å²) in [5.74, 6) is -0.0443. The van der Waals surface area contributed by atoms with Crippen LogP contribution in [0.2, 0.25) is 0 Å². The lowest BCUT2D eigenvalue weighted by Crippen LogP contribution is -2.36. The molecule has 3 aromatic rings. The van der Waals surface area contributed by atoms with Crippen molar-refractivity contribution in [2.75, 3.05) is 0 Å². The van der Waals surface area contributed by atoms with E-state index in [9.17, 15) is 8.42 Å². The molecule has 0 aliphatic rings. The van der Waals surface area contributed by atoms with Gasteiger partial charge in [0, 0.05) is 17.7 Å². The molecule has 0 radical (unpaired) electrons. The minimum Gasteiger partial charge on any atom is -0.281 e. The Balaban J connectivity index is 1.95. The lowest BCUT2D eigenvalue weighted by molar-refractivity contribution is -0.678. The molecule has 0 bridgehead atoms. The van der Waals surface area contributed by atoms with E-state index in [1.54, 1.807) is 12.1 Å². The Morgan fingerprint density at radius 3 is 2.33 bits per heavy atom. The first-order chi connectivity index (χ1) is 10.0. The molecule has 0 aliphatic heterocycles.